The quantitative estimate of drug-likeness (QED) is 0.570. The minimum atomic E-state index is 0.0468. The summed E-state index contributed by atoms with van der Waals surface area (Å²) in [7, 11) is 0. The maximum atomic E-state index is 12.0. The standard InChI is InChI=1S/C14H10BrClOS/c15-10-4-3-5-11(8-10)18-9-14(17)12-6-1-2-7-13(12)16/h1-8H,9H2. The maximum Gasteiger partial charge on any atom is 0.174 e. The molecule has 0 amide bonds. The zero-order valence-electron chi connectivity index (χ0n) is 9.40. The van der Waals surface area contributed by atoms with E-state index in [9.17, 15) is 4.79 Å². The normalized spacial score (nSPS) is 10.3. The molecule has 0 aliphatic rings. The average molecular weight is 342 g/mol. The van der Waals surface area contributed by atoms with E-state index in [0.29, 0.717) is 16.3 Å². The number of benzene rings is 2. The van der Waals surface area contributed by atoms with Gasteiger partial charge in [0, 0.05) is 14.9 Å². The molecule has 0 saturated carbocycles. The van der Waals surface area contributed by atoms with Gasteiger partial charge in [0.2, 0.25) is 0 Å². The van der Waals surface area contributed by atoms with Crippen molar-refractivity contribution < 1.29 is 4.79 Å². The van der Waals surface area contributed by atoms with Crippen LogP contribution in [0.25, 0.3) is 0 Å². The number of thioether (sulfide) groups is 1. The second kappa shape index (κ2) is 6.41. The monoisotopic (exact) mass is 340 g/mol. The van der Waals surface area contributed by atoms with E-state index in [1.165, 1.54) is 11.8 Å². The van der Waals surface area contributed by atoms with Crippen LogP contribution in [0.15, 0.2) is 57.9 Å². The summed E-state index contributed by atoms with van der Waals surface area (Å²) in [6, 6.07) is 15.0. The van der Waals surface area contributed by atoms with Crippen LogP contribution in [0.4, 0.5) is 0 Å². The van der Waals surface area contributed by atoms with Gasteiger partial charge in [0.05, 0.1) is 10.8 Å². The first-order chi connectivity index (χ1) is 8.66. The summed E-state index contributed by atoms with van der Waals surface area (Å²) in [4.78, 5) is 13.1. The number of carbonyl (C=O) groups is 1. The van der Waals surface area contributed by atoms with Gasteiger partial charge in [0.25, 0.3) is 0 Å². The fraction of sp³-hybridized carbons (Fsp3) is 0.0714. The third-order valence-corrected chi connectivity index (χ3v) is 4.16. The van der Waals surface area contributed by atoms with Gasteiger partial charge in [-0.2, -0.15) is 0 Å². The molecule has 0 aromatic heterocycles. The highest BCUT2D eigenvalue weighted by Gasteiger charge is 2.09. The predicted octanol–water partition coefficient (Wildman–Crippen LogP) is 5.08. The fourth-order valence-corrected chi connectivity index (χ4v) is 3.10. The van der Waals surface area contributed by atoms with Crippen LogP contribution < -0.4 is 0 Å². The van der Waals surface area contributed by atoms with Crippen molar-refractivity contribution in [2.24, 2.45) is 0 Å². The minimum absolute atomic E-state index is 0.0468. The number of rotatable bonds is 4. The van der Waals surface area contributed by atoms with Crippen molar-refractivity contribution in [1.82, 2.24) is 0 Å². The van der Waals surface area contributed by atoms with E-state index >= 15 is 0 Å². The van der Waals surface area contributed by atoms with Gasteiger partial charge in [-0.05, 0) is 30.3 Å². The SMILES string of the molecule is O=C(CSc1cccc(Br)c1)c1ccccc1Cl. The van der Waals surface area contributed by atoms with E-state index in [1.807, 2.05) is 36.4 Å². The molecule has 2 rings (SSSR count). The highest BCUT2D eigenvalue weighted by molar-refractivity contribution is 9.10. The maximum absolute atomic E-state index is 12.0. The molecule has 1 nitrogen and oxygen atoms in total. The largest absolute Gasteiger partial charge is 0.293 e. The molecule has 0 unspecified atom stereocenters. The van der Waals surface area contributed by atoms with Crippen LogP contribution in [-0.4, -0.2) is 11.5 Å². The first-order valence-corrected chi connectivity index (χ1v) is 7.48. The molecular weight excluding hydrogens is 332 g/mol. The Labute approximate surface area is 124 Å². The van der Waals surface area contributed by atoms with Gasteiger partial charge in [-0.3, -0.25) is 4.79 Å². The van der Waals surface area contributed by atoms with Crippen molar-refractivity contribution in [3.8, 4) is 0 Å². The van der Waals surface area contributed by atoms with Crippen molar-refractivity contribution in [3.05, 3.63) is 63.6 Å². The lowest BCUT2D eigenvalue weighted by Gasteiger charge is -2.04. The van der Waals surface area contributed by atoms with Gasteiger partial charge in [-0.15, -0.1) is 11.8 Å². The van der Waals surface area contributed by atoms with Gasteiger partial charge >= 0.3 is 0 Å². The predicted molar refractivity (Wildman–Crippen MR) is 80.6 cm³/mol. The van der Waals surface area contributed by atoms with Gasteiger partial charge in [-0.25, -0.2) is 0 Å². The number of ketones is 1. The fourth-order valence-electron chi connectivity index (χ4n) is 1.47. The Morgan fingerprint density at radius 2 is 1.94 bits per heavy atom. The molecule has 0 fully saturated rings. The van der Waals surface area contributed by atoms with E-state index in [0.717, 1.165) is 9.37 Å². The van der Waals surface area contributed by atoms with Crippen LogP contribution >= 0.6 is 39.3 Å². The summed E-state index contributed by atoms with van der Waals surface area (Å²) in [6.45, 7) is 0. The molecule has 0 heterocycles. The summed E-state index contributed by atoms with van der Waals surface area (Å²) in [5, 5.41) is 0.511. The lowest BCUT2D eigenvalue weighted by Crippen LogP contribution is -2.02. The van der Waals surface area contributed by atoms with E-state index in [4.69, 9.17) is 11.6 Å². The third kappa shape index (κ3) is 3.61. The van der Waals surface area contributed by atoms with Crippen LogP contribution in [0.5, 0.6) is 0 Å². The number of Topliss-reactive ketones (excluding diaryl/α,β-unsaturated/α-hetero) is 1. The van der Waals surface area contributed by atoms with Gasteiger partial charge in [0.1, 0.15) is 0 Å². The van der Waals surface area contributed by atoms with E-state index < -0.39 is 0 Å². The first kappa shape index (κ1) is 13.7. The van der Waals surface area contributed by atoms with E-state index in [1.54, 1.807) is 12.1 Å². The molecule has 0 atom stereocenters. The van der Waals surface area contributed by atoms with Gasteiger partial charge < -0.3 is 0 Å². The highest BCUT2D eigenvalue weighted by Crippen LogP contribution is 2.24. The summed E-state index contributed by atoms with van der Waals surface area (Å²) in [5.74, 6) is 0.436. The first-order valence-electron chi connectivity index (χ1n) is 5.33. The molecular formula is C14H10BrClOS. The average Bonchev–Trinajstić information content (AvgIpc) is 2.37. The van der Waals surface area contributed by atoms with Crippen LogP contribution in [0.3, 0.4) is 0 Å². The number of hydrogen-bond acceptors (Lipinski definition) is 2. The van der Waals surface area contributed by atoms with Crippen molar-refractivity contribution in [3.63, 3.8) is 0 Å². The Kier molecular flexibility index (Phi) is 4.87. The molecule has 0 saturated heterocycles. The molecule has 0 aliphatic heterocycles. The van der Waals surface area contributed by atoms with Crippen LogP contribution in [-0.2, 0) is 0 Å². The smallest absolute Gasteiger partial charge is 0.174 e. The summed E-state index contributed by atoms with van der Waals surface area (Å²) in [6.07, 6.45) is 0. The van der Waals surface area contributed by atoms with E-state index in [-0.39, 0.29) is 5.78 Å². The van der Waals surface area contributed by atoms with Crippen LogP contribution in [0, 0.1) is 0 Å². The van der Waals surface area contributed by atoms with E-state index in [2.05, 4.69) is 15.9 Å². The van der Waals surface area contributed by atoms with Crippen LogP contribution in [0.1, 0.15) is 10.4 Å². The topological polar surface area (TPSA) is 17.1 Å². The second-order valence-corrected chi connectivity index (χ2v) is 6.02. The number of carbonyl (C=O) groups excluding carboxylic acids is 1. The number of hydrogen-bond donors (Lipinski definition) is 0. The molecule has 0 spiro atoms. The van der Waals surface area contributed by atoms with Crippen molar-refractivity contribution in [2.45, 2.75) is 4.90 Å². The molecule has 18 heavy (non-hydrogen) atoms. The van der Waals surface area contributed by atoms with Crippen molar-refractivity contribution >= 4 is 45.1 Å². The molecule has 2 aromatic carbocycles. The lowest BCUT2D eigenvalue weighted by molar-refractivity contribution is 0.102. The zero-order valence-corrected chi connectivity index (χ0v) is 12.6. The van der Waals surface area contributed by atoms with Crippen molar-refractivity contribution in [1.29, 1.82) is 0 Å². The lowest BCUT2D eigenvalue weighted by atomic mass is 10.1. The van der Waals surface area contributed by atoms with Crippen LogP contribution in [0.2, 0.25) is 5.02 Å². The molecule has 0 aliphatic carbocycles. The highest BCUT2D eigenvalue weighted by atomic mass is 79.9. The number of halogens is 2. The molecule has 0 N–H and O–H groups in total. The Morgan fingerprint density at radius 1 is 1.17 bits per heavy atom. The third-order valence-electron chi connectivity index (χ3n) is 2.34. The Hall–Kier alpha value is -0.770. The Bertz CT molecular complexity index is 571. The Morgan fingerprint density at radius 3 is 2.67 bits per heavy atom. The summed E-state index contributed by atoms with van der Waals surface area (Å²) in [5.41, 5.74) is 0.585. The van der Waals surface area contributed by atoms with Gasteiger partial charge in [0.15, 0.2) is 5.78 Å². The molecule has 4 heteroatoms. The molecule has 0 bridgehead atoms. The molecule has 0 radical (unpaired) electrons. The molecule has 92 valence electrons. The molecule has 2 aromatic rings. The zero-order chi connectivity index (χ0) is 13.0. The van der Waals surface area contributed by atoms with Gasteiger partial charge in [-0.1, -0.05) is 45.7 Å². The minimum Gasteiger partial charge on any atom is -0.293 e. The second-order valence-electron chi connectivity index (χ2n) is 3.65. The van der Waals surface area contributed by atoms with Crippen molar-refractivity contribution in [2.75, 3.05) is 5.75 Å². The summed E-state index contributed by atoms with van der Waals surface area (Å²) < 4.78 is 1.01. The summed E-state index contributed by atoms with van der Waals surface area (Å²) >= 11 is 10.9. The Balaban J connectivity index is 2.03.